The van der Waals surface area contributed by atoms with E-state index in [2.05, 4.69) is 25.2 Å². The van der Waals surface area contributed by atoms with E-state index in [1.54, 1.807) is 4.72 Å². The summed E-state index contributed by atoms with van der Waals surface area (Å²) < 4.78 is 40.5. The summed E-state index contributed by atoms with van der Waals surface area (Å²) in [7, 11) is -4.18. The van der Waals surface area contributed by atoms with Crippen LogP contribution in [0.5, 0.6) is 5.75 Å². The number of nitrogens with zero attached hydrogens (tertiary/aromatic N) is 1. The van der Waals surface area contributed by atoms with E-state index < -0.39 is 39.9 Å². The maximum atomic E-state index is 14.5. The van der Waals surface area contributed by atoms with Crippen LogP contribution in [0.2, 0.25) is 0 Å². The van der Waals surface area contributed by atoms with Crippen LogP contribution in [0.3, 0.4) is 0 Å². The number of anilines is 1. The highest BCUT2D eigenvalue weighted by Crippen LogP contribution is 2.35. The normalized spacial score (nSPS) is 21.3. The summed E-state index contributed by atoms with van der Waals surface area (Å²) in [5.74, 6) is -2.21. The Morgan fingerprint density at radius 1 is 1.38 bits per heavy atom. The molecule has 9 heteroatoms. The summed E-state index contributed by atoms with van der Waals surface area (Å²) in [5.41, 5.74) is 1.14. The number of hydrogen-bond acceptors (Lipinski definition) is 5. The lowest BCUT2D eigenvalue weighted by atomic mass is 9.81. The molecule has 26 heavy (non-hydrogen) atoms. The van der Waals surface area contributed by atoms with Gasteiger partial charge in [-0.25, -0.2) is 13.4 Å². The lowest BCUT2D eigenvalue weighted by Gasteiger charge is -2.28. The van der Waals surface area contributed by atoms with Gasteiger partial charge in [0.2, 0.25) is 0 Å². The summed E-state index contributed by atoms with van der Waals surface area (Å²) in [6, 6.07) is 2.47. The Balaban J connectivity index is 1.80. The third kappa shape index (κ3) is 3.77. The van der Waals surface area contributed by atoms with Crippen LogP contribution >= 0.6 is 0 Å². The second-order valence-corrected chi connectivity index (χ2v) is 8.94. The van der Waals surface area contributed by atoms with Crippen molar-refractivity contribution >= 4 is 21.8 Å². The third-order valence-corrected chi connectivity index (χ3v) is 5.90. The van der Waals surface area contributed by atoms with Crippen molar-refractivity contribution in [3.05, 3.63) is 35.3 Å². The number of amides is 1. The van der Waals surface area contributed by atoms with Crippen molar-refractivity contribution in [2.75, 3.05) is 10.8 Å². The smallest absolute Gasteiger partial charge is 0.326 e. The summed E-state index contributed by atoms with van der Waals surface area (Å²) in [6.07, 6.45) is 5.25. The van der Waals surface area contributed by atoms with Crippen LogP contribution in [0.1, 0.15) is 38.7 Å². The molecule has 1 aliphatic heterocycles. The first-order valence-corrected chi connectivity index (χ1v) is 9.82. The predicted octanol–water partition coefficient (Wildman–Crippen LogP) is 1.90. The first-order valence-electron chi connectivity index (χ1n) is 8.38. The molecule has 1 fully saturated rings. The number of carbonyl (C=O) groups is 1. The fourth-order valence-corrected chi connectivity index (χ4v) is 4.51. The van der Waals surface area contributed by atoms with Gasteiger partial charge in [0, 0.05) is 12.2 Å². The molecule has 1 amide bonds. The number of allylic oxidation sites excluding steroid dienone is 2. The molecule has 1 saturated heterocycles. The quantitative estimate of drug-likeness (QED) is 0.738. The summed E-state index contributed by atoms with van der Waals surface area (Å²) in [6.45, 7) is 4.04. The second-order valence-electron chi connectivity index (χ2n) is 7.35. The molecule has 0 unspecified atom stereocenters. The number of phenols is 1. The van der Waals surface area contributed by atoms with E-state index in [9.17, 15) is 22.7 Å². The SMILES string of the molecule is CC1(C)C=C(NCc2cc(O)c(N3CC(=O)NS3(=O)=O)c(F)c2)CCC1. The molecule has 3 rings (SSSR count). The van der Waals surface area contributed by atoms with Crippen LogP contribution in [0.4, 0.5) is 10.1 Å². The summed E-state index contributed by atoms with van der Waals surface area (Å²) in [5, 5.41) is 13.4. The van der Waals surface area contributed by atoms with Gasteiger partial charge in [-0.1, -0.05) is 19.9 Å². The topological polar surface area (TPSA) is 98.7 Å². The Morgan fingerprint density at radius 2 is 2.12 bits per heavy atom. The van der Waals surface area contributed by atoms with Crippen LogP contribution in [-0.2, 0) is 21.5 Å². The average Bonchev–Trinajstić information content (AvgIpc) is 2.76. The van der Waals surface area contributed by atoms with E-state index in [1.165, 1.54) is 6.07 Å². The van der Waals surface area contributed by atoms with Gasteiger partial charge >= 0.3 is 10.2 Å². The molecule has 0 atom stereocenters. The van der Waals surface area contributed by atoms with Crippen molar-refractivity contribution in [2.24, 2.45) is 5.41 Å². The average molecular weight is 383 g/mol. The Labute approximate surface area is 152 Å². The number of hydrogen-bond donors (Lipinski definition) is 3. The maximum absolute atomic E-state index is 14.5. The third-order valence-electron chi connectivity index (χ3n) is 4.52. The minimum Gasteiger partial charge on any atom is -0.506 e. The van der Waals surface area contributed by atoms with E-state index in [0.29, 0.717) is 16.4 Å². The lowest BCUT2D eigenvalue weighted by molar-refractivity contribution is -0.117. The van der Waals surface area contributed by atoms with Gasteiger partial charge in [-0.3, -0.25) is 4.79 Å². The van der Waals surface area contributed by atoms with Crippen molar-refractivity contribution in [3.63, 3.8) is 0 Å². The van der Waals surface area contributed by atoms with Gasteiger partial charge in [0.05, 0.1) is 0 Å². The molecule has 7 nitrogen and oxygen atoms in total. The van der Waals surface area contributed by atoms with E-state index in [0.717, 1.165) is 31.0 Å². The molecule has 2 aliphatic rings. The molecule has 1 aromatic carbocycles. The molecule has 1 heterocycles. The van der Waals surface area contributed by atoms with Crippen LogP contribution in [0, 0.1) is 11.2 Å². The zero-order valence-corrected chi connectivity index (χ0v) is 15.5. The molecule has 1 aliphatic carbocycles. The lowest BCUT2D eigenvalue weighted by Crippen LogP contribution is -2.30. The number of nitrogens with one attached hydrogen (secondary N) is 2. The number of carbonyl (C=O) groups excluding carboxylic acids is 1. The minimum absolute atomic E-state index is 0.113. The first-order chi connectivity index (χ1) is 12.1. The number of rotatable bonds is 4. The highest BCUT2D eigenvalue weighted by Gasteiger charge is 2.37. The zero-order chi connectivity index (χ0) is 19.1. The van der Waals surface area contributed by atoms with Crippen molar-refractivity contribution in [1.82, 2.24) is 10.0 Å². The molecular weight excluding hydrogens is 361 g/mol. The Hall–Kier alpha value is -2.29. The van der Waals surface area contributed by atoms with Crippen molar-refractivity contribution in [3.8, 4) is 5.75 Å². The van der Waals surface area contributed by atoms with Crippen LogP contribution in [-0.4, -0.2) is 26.0 Å². The first kappa shape index (κ1) is 18.5. The summed E-state index contributed by atoms with van der Waals surface area (Å²) in [4.78, 5) is 11.3. The highest BCUT2D eigenvalue weighted by atomic mass is 32.2. The summed E-state index contributed by atoms with van der Waals surface area (Å²) >= 11 is 0. The number of benzene rings is 1. The molecule has 0 aromatic heterocycles. The van der Waals surface area contributed by atoms with Gasteiger partial charge in [0.15, 0.2) is 5.82 Å². The fourth-order valence-electron chi connectivity index (χ4n) is 3.34. The monoisotopic (exact) mass is 383 g/mol. The van der Waals surface area contributed by atoms with Crippen LogP contribution < -0.4 is 14.3 Å². The van der Waals surface area contributed by atoms with Gasteiger partial charge in [-0.15, -0.1) is 0 Å². The molecule has 1 aromatic rings. The van der Waals surface area contributed by atoms with Crippen molar-refractivity contribution in [1.29, 1.82) is 0 Å². The molecule has 3 N–H and O–H groups in total. The van der Waals surface area contributed by atoms with Gasteiger partial charge in [-0.05, 0) is 42.4 Å². The van der Waals surface area contributed by atoms with E-state index in [1.807, 2.05) is 0 Å². The van der Waals surface area contributed by atoms with Gasteiger partial charge in [0.25, 0.3) is 5.91 Å². The molecule has 0 saturated carbocycles. The number of halogens is 1. The zero-order valence-electron chi connectivity index (χ0n) is 14.7. The van der Waals surface area contributed by atoms with Gasteiger partial charge in [0.1, 0.15) is 18.0 Å². The fraction of sp³-hybridized carbons (Fsp3) is 0.471. The predicted molar refractivity (Wildman–Crippen MR) is 95.0 cm³/mol. The maximum Gasteiger partial charge on any atom is 0.326 e. The van der Waals surface area contributed by atoms with Gasteiger partial charge in [-0.2, -0.15) is 8.42 Å². The Kier molecular flexibility index (Phi) is 4.60. The van der Waals surface area contributed by atoms with Crippen LogP contribution in [0.25, 0.3) is 0 Å². The van der Waals surface area contributed by atoms with Gasteiger partial charge < -0.3 is 10.4 Å². The van der Waals surface area contributed by atoms with Crippen molar-refractivity contribution in [2.45, 2.75) is 39.7 Å². The standard InChI is InChI=1S/C17H22FN3O4S/c1-17(2)5-3-4-12(8-17)19-9-11-6-13(18)16(14(22)7-11)21-10-15(23)20-26(21,24)25/h6-8,19,22H,3-5,9-10H2,1-2H3,(H,20,23). The minimum atomic E-state index is -4.18. The van der Waals surface area contributed by atoms with E-state index in [4.69, 9.17) is 0 Å². The highest BCUT2D eigenvalue weighted by molar-refractivity contribution is 7.92. The van der Waals surface area contributed by atoms with E-state index in [-0.39, 0.29) is 5.41 Å². The second kappa shape index (κ2) is 6.46. The molecule has 0 spiro atoms. The van der Waals surface area contributed by atoms with Crippen LogP contribution in [0.15, 0.2) is 23.9 Å². The number of phenolic OH excluding ortho intramolecular Hbond substituents is 1. The molecule has 0 bridgehead atoms. The molecule has 0 radical (unpaired) electrons. The molecular formula is C17H22FN3O4S. The largest absolute Gasteiger partial charge is 0.506 e. The number of aromatic hydroxyl groups is 1. The Bertz CT molecular complexity index is 857. The van der Waals surface area contributed by atoms with Crippen molar-refractivity contribution < 1.29 is 22.7 Å². The molecule has 142 valence electrons. The Morgan fingerprint density at radius 3 is 2.69 bits per heavy atom. The van der Waals surface area contributed by atoms with E-state index >= 15 is 0 Å².